The number of nitrogens with one attached hydrogen (secondary N) is 1. The number of likely N-dealkylation sites (tertiary alicyclic amines) is 1. The number of alkyl halides is 3. The molecule has 0 aromatic carbocycles. The Morgan fingerprint density at radius 1 is 1.14 bits per heavy atom. The van der Waals surface area contributed by atoms with Gasteiger partial charge in [-0.25, -0.2) is 9.97 Å². The maximum Gasteiger partial charge on any atom is 0.433 e. The molecule has 0 amide bonds. The summed E-state index contributed by atoms with van der Waals surface area (Å²) in [6.45, 7) is 1.19. The highest BCUT2D eigenvalue weighted by molar-refractivity contribution is 5.36. The Labute approximate surface area is 169 Å². The molecule has 160 valence electrons. The van der Waals surface area contributed by atoms with Crippen molar-refractivity contribution in [3.05, 3.63) is 17.5 Å². The Morgan fingerprint density at radius 2 is 1.79 bits per heavy atom. The fraction of sp³-hybridized carbons (Fsp3) is 0.810. The summed E-state index contributed by atoms with van der Waals surface area (Å²) in [6, 6.07) is 0. The molecule has 2 heterocycles. The van der Waals surface area contributed by atoms with E-state index in [0.29, 0.717) is 37.3 Å². The van der Waals surface area contributed by atoms with Crippen LogP contribution in [0.5, 0.6) is 0 Å². The lowest BCUT2D eigenvalue weighted by Crippen LogP contribution is -2.55. The van der Waals surface area contributed by atoms with Crippen LogP contribution in [0.1, 0.15) is 62.6 Å². The molecule has 5 nitrogen and oxygen atoms in total. The van der Waals surface area contributed by atoms with E-state index < -0.39 is 18.0 Å². The standard InChI is InChI=1S/C21H29F3N4O/c22-21(23,24)18-16(11-28-3-1-2-17(29)12-28)10-25-19(26-18)27-20-7-13-4-14(8-20)6-15(5-13)9-20/h10,13-15,17,29H,1-9,11-12H2,(H,25,26,27). The van der Waals surface area contributed by atoms with Crippen molar-refractivity contribution in [1.29, 1.82) is 0 Å². The molecule has 1 saturated heterocycles. The van der Waals surface area contributed by atoms with Crippen molar-refractivity contribution >= 4 is 5.95 Å². The Hall–Kier alpha value is -1.41. The average molecular weight is 410 g/mol. The number of piperidine rings is 1. The number of aliphatic hydroxyl groups excluding tert-OH is 1. The molecule has 8 heteroatoms. The smallest absolute Gasteiger partial charge is 0.392 e. The third-order valence-electron chi connectivity index (χ3n) is 7.42. The number of β-amino-alcohol motifs (C(OH)–C–C–N with tert-alkyl or cyclic N) is 1. The van der Waals surface area contributed by atoms with Gasteiger partial charge in [0.25, 0.3) is 0 Å². The van der Waals surface area contributed by atoms with E-state index in [9.17, 15) is 18.3 Å². The van der Waals surface area contributed by atoms with Crippen LogP contribution in [0.3, 0.4) is 0 Å². The first-order valence-corrected chi connectivity index (χ1v) is 10.9. The lowest BCUT2D eigenvalue weighted by Gasteiger charge is -2.56. The molecule has 0 spiro atoms. The molecule has 1 atom stereocenters. The molecular weight excluding hydrogens is 381 g/mol. The molecular formula is C21H29F3N4O. The van der Waals surface area contributed by atoms with E-state index in [1.165, 1.54) is 25.5 Å². The minimum atomic E-state index is -4.52. The van der Waals surface area contributed by atoms with E-state index in [1.807, 2.05) is 4.90 Å². The monoisotopic (exact) mass is 410 g/mol. The van der Waals surface area contributed by atoms with Gasteiger partial charge in [-0.1, -0.05) is 0 Å². The van der Waals surface area contributed by atoms with Crippen LogP contribution in [-0.4, -0.2) is 44.7 Å². The quantitative estimate of drug-likeness (QED) is 0.790. The summed E-state index contributed by atoms with van der Waals surface area (Å²) < 4.78 is 41.3. The molecule has 29 heavy (non-hydrogen) atoms. The second-order valence-electron chi connectivity index (χ2n) is 9.92. The molecule has 2 N–H and O–H groups in total. The number of nitrogens with zero attached hydrogens (tertiary/aromatic N) is 3. The van der Waals surface area contributed by atoms with Gasteiger partial charge >= 0.3 is 6.18 Å². The van der Waals surface area contributed by atoms with Gasteiger partial charge in [0, 0.05) is 30.4 Å². The summed E-state index contributed by atoms with van der Waals surface area (Å²) in [5, 5.41) is 13.2. The highest BCUT2D eigenvalue weighted by Crippen LogP contribution is 2.56. The van der Waals surface area contributed by atoms with Crippen LogP contribution in [-0.2, 0) is 12.7 Å². The van der Waals surface area contributed by atoms with Gasteiger partial charge in [-0.3, -0.25) is 4.90 Å². The van der Waals surface area contributed by atoms with Crippen molar-refractivity contribution in [2.75, 3.05) is 18.4 Å². The zero-order valence-electron chi connectivity index (χ0n) is 16.6. The first kappa shape index (κ1) is 19.5. The van der Waals surface area contributed by atoms with Crippen molar-refractivity contribution in [3.8, 4) is 0 Å². The zero-order valence-corrected chi connectivity index (χ0v) is 16.6. The van der Waals surface area contributed by atoms with Crippen LogP contribution in [0.25, 0.3) is 0 Å². The third-order valence-corrected chi connectivity index (χ3v) is 7.42. The summed E-state index contributed by atoms with van der Waals surface area (Å²) >= 11 is 0. The van der Waals surface area contributed by atoms with E-state index >= 15 is 0 Å². The molecule has 6 rings (SSSR count). The molecule has 5 aliphatic rings. The van der Waals surface area contributed by atoms with Gasteiger partial charge in [0.2, 0.25) is 5.95 Å². The summed E-state index contributed by atoms with van der Waals surface area (Å²) in [5.74, 6) is 2.20. The topological polar surface area (TPSA) is 61.3 Å². The van der Waals surface area contributed by atoms with E-state index in [0.717, 1.165) is 25.7 Å². The zero-order chi connectivity index (χ0) is 20.2. The second-order valence-corrected chi connectivity index (χ2v) is 9.92. The van der Waals surface area contributed by atoms with Crippen molar-refractivity contribution in [3.63, 3.8) is 0 Å². The number of hydrogen-bond acceptors (Lipinski definition) is 5. The minimum Gasteiger partial charge on any atom is -0.392 e. The number of anilines is 1. The molecule has 5 fully saturated rings. The normalized spacial score (nSPS) is 37.1. The number of aromatic nitrogens is 2. The molecule has 4 aliphatic carbocycles. The van der Waals surface area contributed by atoms with Crippen LogP contribution in [0.15, 0.2) is 6.20 Å². The Bertz CT molecular complexity index is 733. The molecule has 1 aliphatic heterocycles. The van der Waals surface area contributed by atoms with Crippen LogP contribution >= 0.6 is 0 Å². The van der Waals surface area contributed by atoms with Gasteiger partial charge in [-0.05, 0) is 75.7 Å². The van der Waals surface area contributed by atoms with E-state index in [2.05, 4.69) is 15.3 Å². The summed E-state index contributed by atoms with van der Waals surface area (Å²) in [5.41, 5.74) is -0.890. The van der Waals surface area contributed by atoms with Gasteiger partial charge in [-0.15, -0.1) is 0 Å². The first-order valence-electron chi connectivity index (χ1n) is 10.9. The summed E-state index contributed by atoms with van der Waals surface area (Å²) in [7, 11) is 0. The molecule has 1 aromatic rings. The van der Waals surface area contributed by atoms with Crippen LogP contribution in [0.2, 0.25) is 0 Å². The lowest BCUT2D eigenvalue weighted by molar-refractivity contribution is -0.142. The Kier molecular flexibility index (Phi) is 4.77. The number of rotatable bonds is 4. The molecule has 1 aromatic heterocycles. The van der Waals surface area contributed by atoms with Crippen molar-refractivity contribution in [2.45, 2.75) is 75.7 Å². The molecule has 1 unspecified atom stereocenters. The number of hydrogen-bond donors (Lipinski definition) is 2. The minimum absolute atomic E-state index is 0.0858. The van der Waals surface area contributed by atoms with E-state index in [1.54, 1.807) is 0 Å². The Morgan fingerprint density at radius 3 is 2.38 bits per heavy atom. The van der Waals surface area contributed by atoms with Crippen molar-refractivity contribution < 1.29 is 18.3 Å². The number of aliphatic hydroxyl groups is 1. The highest BCUT2D eigenvalue weighted by Gasteiger charge is 2.51. The number of halogens is 3. The average Bonchev–Trinajstić information content (AvgIpc) is 2.61. The van der Waals surface area contributed by atoms with Gasteiger partial charge in [0.05, 0.1) is 6.10 Å². The maximum absolute atomic E-state index is 13.8. The highest BCUT2D eigenvalue weighted by atomic mass is 19.4. The SMILES string of the molecule is OC1CCCN(Cc2cnc(NC34CC5CC(CC(C5)C3)C4)nc2C(F)(F)F)C1. The van der Waals surface area contributed by atoms with Crippen LogP contribution in [0, 0.1) is 17.8 Å². The van der Waals surface area contributed by atoms with Crippen molar-refractivity contribution in [1.82, 2.24) is 14.9 Å². The summed E-state index contributed by atoms with van der Waals surface area (Å²) in [4.78, 5) is 10.1. The third kappa shape index (κ3) is 3.98. The van der Waals surface area contributed by atoms with Crippen molar-refractivity contribution in [2.24, 2.45) is 17.8 Å². The molecule has 4 bridgehead atoms. The maximum atomic E-state index is 13.8. The van der Waals surface area contributed by atoms with E-state index in [-0.39, 0.29) is 23.6 Å². The van der Waals surface area contributed by atoms with Gasteiger partial charge in [0.1, 0.15) is 0 Å². The van der Waals surface area contributed by atoms with Gasteiger partial charge < -0.3 is 10.4 Å². The predicted molar refractivity (Wildman–Crippen MR) is 102 cm³/mol. The van der Waals surface area contributed by atoms with Crippen LogP contribution in [0.4, 0.5) is 19.1 Å². The Balaban J connectivity index is 1.37. The molecule has 4 saturated carbocycles. The lowest BCUT2D eigenvalue weighted by atomic mass is 9.53. The van der Waals surface area contributed by atoms with E-state index in [4.69, 9.17) is 0 Å². The second kappa shape index (κ2) is 7.08. The fourth-order valence-electron chi connectivity index (χ4n) is 6.74. The first-order chi connectivity index (χ1) is 13.8. The fourth-order valence-corrected chi connectivity index (χ4v) is 6.74. The predicted octanol–water partition coefficient (Wildman–Crippen LogP) is 3.83. The summed E-state index contributed by atoms with van der Waals surface area (Å²) in [6.07, 6.45) is 4.72. The molecule has 0 radical (unpaired) electrons. The van der Waals surface area contributed by atoms with Gasteiger partial charge in [-0.2, -0.15) is 13.2 Å². The van der Waals surface area contributed by atoms with Gasteiger partial charge in [0.15, 0.2) is 5.69 Å². The largest absolute Gasteiger partial charge is 0.433 e. The van der Waals surface area contributed by atoms with Crippen LogP contribution < -0.4 is 5.32 Å².